The van der Waals surface area contributed by atoms with Crippen LogP contribution in [-0.2, 0) is 17.7 Å². The maximum absolute atomic E-state index is 13.5. The fraction of sp³-hybridized carbons (Fsp3) is 0.286. The molecule has 5 nitrogen and oxygen atoms in total. The van der Waals surface area contributed by atoms with Crippen molar-refractivity contribution < 1.29 is 14.3 Å². The second-order valence-corrected chi connectivity index (χ2v) is 9.37. The second kappa shape index (κ2) is 10.8. The summed E-state index contributed by atoms with van der Waals surface area (Å²) in [4.78, 5) is 20.0. The normalized spacial score (nSPS) is 15.5. The minimum Gasteiger partial charge on any atom is -0.493 e. The highest BCUT2D eigenvalue weighted by molar-refractivity contribution is 7.07. The molecule has 1 aliphatic heterocycles. The number of nitrogens with zero attached hydrogens (tertiary/aromatic N) is 2. The first kappa shape index (κ1) is 22.6. The van der Waals surface area contributed by atoms with E-state index < -0.39 is 0 Å². The molecule has 2 aromatic carbocycles. The molecule has 0 radical (unpaired) electrons. The molecule has 2 aromatic heterocycles. The van der Waals surface area contributed by atoms with Crippen LogP contribution in [0.2, 0.25) is 0 Å². The molecule has 0 spiro atoms. The summed E-state index contributed by atoms with van der Waals surface area (Å²) in [5.74, 6) is 0.742. The predicted octanol–water partition coefficient (Wildman–Crippen LogP) is 5.74. The van der Waals surface area contributed by atoms with Crippen molar-refractivity contribution in [1.82, 2.24) is 9.88 Å². The maximum Gasteiger partial charge on any atom is 0.272 e. The van der Waals surface area contributed by atoms with Gasteiger partial charge in [-0.25, -0.2) is 4.98 Å². The Morgan fingerprint density at radius 1 is 1.09 bits per heavy atom. The van der Waals surface area contributed by atoms with Crippen LogP contribution in [-0.4, -0.2) is 41.7 Å². The van der Waals surface area contributed by atoms with Gasteiger partial charge in [0.1, 0.15) is 11.4 Å². The van der Waals surface area contributed by atoms with E-state index in [9.17, 15) is 4.79 Å². The minimum absolute atomic E-state index is 0.0643. The molecule has 5 rings (SSSR count). The van der Waals surface area contributed by atoms with E-state index in [1.807, 2.05) is 65.6 Å². The van der Waals surface area contributed by atoms with Gasteiger partial charge in [0.15, 0.2) is 0 Å². The Morgan fingerprint density at radius 2 is 2.03 bits per heavy atom. The average Bonchev–Trinajstić information content (AvgIpc) is 3.58. The number of hydrogen-bond acceptors (Lipinski definition) is 5. The quantitative estimate of drug-likeness (QED) is 0.312. The molecular formula is C28H28N2O3S. The third kappa shape index (κ3) is 5.64. The highest BCUT2D eigenvalue weighted by atomic mass is 32.1. The van der Waals surface area contributed by atoms with Crippen molar-refractivity contribution in [3.05, 3.63) is 94.3 Å². The van der Waals surface area contributed by atoms with Crippen molar-refractivity contribution in [2.75, 3.05) is 19.8 Å². The number of amides is 1. The Balaban J connectivity index is 1.31. The lowest BCUT2D eigenvalue weighted by Crippen LogP contribution is -2.37. The van der Waals surface area contributed by atoms with Crippen LogP contribution < -0.4 is 4.74 Å². The summed E-state index contributed by atoms with van der Waals surface area (Å²) in [5, 5.41) is 5.26. The number of hydrogen-bond donors (Lipinski definition) is 0. The summed E-state index contributed by atoms with van der Waals surface area (Å²) in [6.07, 6.45) is 2.95. The van der Waals surface area contributed by atoms with Gasteiger partial charge in [0, 0.05) is 31.5 Å². The lowest BCUT2D eigenvalue weighted by atomic mass is 10.1. The number of pyridine rings is 1. The SMILES string of the molecule is O=C(c1ccc2ccccc2n1)N(Cc1cccc(OCCc2ccsc2)c1)C[C@H]1CCCO1. The smallest absolute Gasteiger partial charge is 0.272 e. The third-order valence-electron chi connectivity index (χ3n) is 6.06. The molecule has 6 heteroatoms. The van der Waals surface area contributed by atoms with E-state index in [1.54, 1.807) is 11.3 Å². The monoisotopic (exact) mass is 472 g/mol. The van der Waals surface area contributed by atoms with Crippen molar-refractivity contribution >= 4 is 28.1 Å². The molecule has 3 heterocycles. The number of thiophene rings is 1. The number of benzene rings is 2. The Kier molecular flexibility index (Phi) is 7.17. The number of para-hydroxylation sites is 1. The van der Waals surface area contributed by atoms with Crippen LogP contribution in [0.5, 0.6) is 5.75 Å². The Bertz CT molecular complexity index is 1240. The van der Waals surface area contributed by atoms with E-state index >= 15 is 0 Å². The molecule has 34 heavy (non-hydrogen) atoms. The van der Waals surface area contributed by atoms with Gasteiger partial charge in [0.05, 0.1) is 18.2 Å². The predicted molar refractivity (Wildman–Crippen MR) is 135 cm³/mol. The number of carbonyl (C=O) groups is 1. The lowest BCUT2D eigenvalue weighted by Gasteiger charge is -2.25. The minimum atomic E-state index is -0.0787. The fourth-order valence-corrected chi connectivity index (χ4v) is 4.98. The van der Waals surface area contributed by atoms with Crippen LogP contribution in [0, 0.1) is 0 Å². The summed E-state index contributed by atoms with van der Waals surface area (Å²) in [5.41, 5.74) is 3.60. The molecule has 0 aliphatic carbocycles. The van der Waals surface area contributed by atoms with E-state index in [0.29, 0.717) is 25.4 Å². The van der Waals surface area contributed by atoms with Gasteiger partial charge >= 0.3 is 0 Å². The van der Waals surface area contributed by atoms with Gasteiger partial charge < -0.3 is 14.4 Å². The molecule has 174 valence electrons. The lowest BCUT2D eigenvalue weighted by molar-refractivity contribution is 0.0503. The standard InChI is InChI=1S/C28H28N2O3S/c31-28(27-11-10-23-6-1-2-9-26(23)29-27)30(19-25-8-4-14-32-25)18-22-5-3-7-24(17-22)33-15-12-21-13-16-34-20-21/h1-3,5-7,9-11,13,16-17,20,25H,4,8,12,14-15,18-19H2/t25-/m1/s1. The summed E-state index contributed by atoms with van der Waals surface area (Å²) in [6.45, 7) is 2.42. The van der Waals surface area contributed by atoms with E-state index in [0.717, 1.165) is 48.1 Å². The van der Waals surface area contributed by atoms with Crippen LogP contribution >= 0.6 is 11.3 Å². The first-order chi connectivity index (χ1) is 16.7. The van der Waals surface area contributed by atoms with Gasteiger partial charge in [-0.3, -0.25) is 4.79 Å². The first-order valence-electron chi connectivity index (χ1n) is 11.7. The van der Waals surface area contributed by atoms with Gasteiger partial charge in [0.25, 0.3) is 5.91 Å². The van der Waals surface area contributed by atoms with E-state index in [4.69, 9.17) is 9.47 Å². The van der Waals surface area contributed by atoms with Gasteiger partial charge in [-0.2, -0.15) is 11.3 Å². The number of fused-ring (bicyclic) bond motifs is 1. The highest BCUT2D eigenvalue weighted by Crippen LogP contribution is 2.21. The zero-order valence-electron chi connectivity index (χ0n) is 19.1. The molecule has 1 amide bonds. The largest absolute Gasteiger partial charge is 0.493 e. The first-order valence-corrected chi connectivity index (χ1v) is 12.7. The van der Waals surface area contributed by atoms with Crippen molar-refractivity contribution in [2.45, 2.75) is 31.9 Å². The topological polar surface area (TPSA) is 51.7 Å². The number of aromatic nitrogens is 1. The highest BCUT2D eigenvalue weighted by Gasteiger charge is 2.24. The fourth-order valence-electron chi connectivity index (χ4n) is 4.28. The van der Waals surface area contributed by atoms with Crippen LogP contribution in [0.15, 0.2) is 77.5 Å². The summed E-state index contributed by atoms with van der Waals surface area (Å²) >= 11 is 1.70. The molecule has 1 atom stereocenters. The Labute approximate surface area is 204 Å². The van der Waals surface area contributed by atoms with E-state index in [2.05, 4.69) is 21.8 Å². The van der Waals surface area contributed by atoms with E-state index in [1.165, 1.54) is 5.56 Å². The average molecular weight is 473 g/mol. The summed E-state index contributed by atoms with van der Waals surface area (Å²) in [7, 11) is 0. The molecule has 1 aliphatic rings. The van der Waals surface area contributed by atoms with Gasteiger partial charge in [-0.15, -0.1) is 0 Å². The molecular weight excluding hydrogens is 444 g/mol. The molecule has 1 saturated heterocycles. The zero-order valence-corrected chi connectivity index (χ0v) is 19.9. The Morgan fingerprint density at radius 3 is 2.88 bits per heavy atom. The van der Waals surface area contributed by atoms with Crippen LogP contribution in [0.1, 0.15) is 34.5 Å². The molecule has 4 aromatic rings. The van der Waals surface area contributed by atoms with Crippen molar-refractivity contribution in [3.63, 3.8) is 0 Å². The zero-order chi connectivity index (χ0) is 23.2. The van der Waals surface area contributed by atoms with Crippen LogP contribution in [0.4, 0.5) is 0 Å². The number of ether oxygens (including phenoxy) is 2. The molecule has 1 fully saturated rings. The van der Waals surface area contributed by atoms with Gasteiger partial charge in [0.2, 0.25) is 0 Å². The van der Waals surface area contributed by atoms with Crippen molar-refractivity contribution in [1.29, 1.82) is 0 Å². The van der Waals surface area contributed by atoms with Crippen LogP contribution in [0.3, 0.4) is 0 Å². The van der Waals surface area contributed by atoms with Crippen LogP contribution in [0.25, 0.3) is 10.9 Å². The summed E-state index contributed by atoms with van der Waals surface area (Å²) < 4.78 is 11.8. The second-order valence-electron chi connectivity index (χ2n) is 8.59. The van der Waals surface area contributed by atoms with Gasteiger partial charge in [-0.1, -0.05) is 36.4 Å². The summed E-state index contributed by atoms with van der Waals surface area (Å²) in [6, 6.07) is 21.8. The van der Waals surface area contributed by atoms with Crippen molar-refractivity contribution in [3.8, 4) is 5.75 Å². The van der Waals surface area contributed by atoms with Crippen molar-refractivity contribution in [2.24, 2.45) is 0 Å². The van der Waals surface area contributed by atoms with E-state index in [-0.39, 0.29) is 12.0 Å². The number of rotatable bonds is 9. The Hall–Kier alpha value is -3.22. The molecule has 0 bridgehead atoms. The van der Waals surface area contributed by atoms with Gasteiger partial charge in [-0.05, 0) is 65.1 Å². The maximum atomic E-state index is 13.5. The third-order valence-corrected chi connectivity index (χ3v) is 6.80. The molecule has 0 unspecified atom stereocenters. The molecule has 0 saturated carbocycles. The number of carbonyl (C=O) groups excluding carboxylic acids is 1. The molecule has 0 N–H and O–H groups in total.